The Morgan fingerprint density at radius 1 is 1.59 bits per heavy atom. The fourth-order valence-corrected chi connectivity index (χ4v) is 2.17. The van der Waals surface area contributed by atoms with Gasteiger partial charge in [0.1, 0.15) is 11.9 Å². The molecule has 1 fully saturated rings. The smallest absolute Gasteiger partial charge is 0.140 e. The Morgan fingerprint density at radius 3 is 3.12 bits per heavy atom. The van der Waals surface area contributed by atoms with Crippen molar-refractivity contribution in [2.45, 2.75) is 19.5 Å². The van der Waals surface area contributed by atoms with Crippen molar-refractivity contribution in [1.29, 1.82) is 5.26 Å². The molecule has 1 saturated heterocycles. The first kappa shape index (κ1) is 12.0. The number of benzene rings is 1. The summed E-state index contributed by atoms with van der Waals surface area (Å²) >= 11 is 0. The van der Waals surface area contributed by atoms with Crippen LogP contribution in [0.1, 0.15) is 18.1 Å². The fraction of sp³-hybridized carbons (Fsp3) is 0.462. The van der Waals surface area contributed by atoms with Crippen LogP contribution in [0, 0.1) is 17.1 Å². The van der Waals surface area contributed by atoms with Crippen molar-refractivity contribution >= 4 is 0 Å². The topological polar surface area (TPSA) is 39.1 Å². The van der Waals surface area contributed by atoms with Crippen molar-refractivity contribution in [2.24, 2.45) is 0 Å². The quantitative estimate of drug-likeness (QED) is 0.841. The molecular weight excluding hydrogens is 217 g/mol. The monoisotopic (exact) mass is 233 g/mol. The predicted octanol–water partition coefficient (Wildman–Crippen LogP) is 1.49. The van der Waals surface area contributed by atoms with E-state index in [1.54, 1.807) is 12.1 Å². The zero-order valence-corrected chi connectivity index (χ0v) is 9.91. The van der Waals surface area contributed by atoms with E-state index in [4.69, 9.17) is 5.26 Å². The third kappa shape index (κ3) is 3.02. The first-order valence-electron chi connectivity index (χ1n) is 5.83. The second kappa shape index (κ2) is 5.26. The molecule has 90 valence electrons. The average Bonchev–Trinajstić information content (AvgIpc) is 2.32. The Bertz CT molecular complexity index is 439. The van der Waals surface area contributed by atoms with Gasteiger partial charge in [-0.25, -0.2) is 4.39 Å². The van der Waals surface area contributed by atoms with E-state index in [1.807, 2.05) is 6.07 Å². The van der Waals surface area contributed by atoms with Crippen molar-refractivity contribution in [2.75, 3.05) is 19.6 Å². The largest absolute Gasteiger partial charge is 0.312 e. The molecule has 0 bridgehead atoms. The summed E-state index contributed by atoms with van der Waals surface area (Å²) in [5.41, 5.74) is 1.13. The number of hydrogen-bond donors (Lipinski definition) is 1. The lowest BCUT2D eigenvalue weighted by Gasteiger charge is -2.31. The minimum atomic E-state index is -0.440. The number of rotatable bonds is 2. The van der Waals surface area contributed by atoms with Gasteiger partial charge in [0.25, 0.3) is 0 Å². The van der Waals surface area contributed by atoms with Gasteiger partial charge >= 0.3 is 0 Å². The minimum Gasteiger partial charge on any atom is -0.312 e. The van der Waals surface area contributed by atoms with Crippen LogP contribution in [0.4, 0.5) is 4.39 Å². The number of hydrogen-bond acceptors (Lipinski definition) is 3. The van der Waals surface area contributed by atoms with Crippen LogP contribution < -0.4 is 5.32 Å². The summed E-state index contributed by atoms with van der Waals surface area (Å²) < 4.78 is 13.2. The van der Waals surface area contributed by atoms with Gasteiger partial charge in [0.05, 0.1) is 5.56 Å². The second-order valence-corrected chi connectivity index (χ2v) is 4.52. The van der Waals surface area contributed by atoms with Gasteiger partial charge in [-0.15, -0.1) is 0 Å². The van der Waals surface area contributed by atoms with Crippen LogP contribution in [0.3, 0.4) is 0 Å². The maximum Gasteiger partial charge on any atom is 0.140 e. The van der Waals surface area contributed by atoms with E-state index in [1.165, 1.54) is 6.07 Å². The van der Waals surface area contributed by atoms with Crippen LogP contribution in [0.15, 0.2) is 18.2 Å². The van der Waals surface area contributed by atoms with Crippen LogP contribution in [0.5, 0.6) is 0 Å². The molecule has 1 atom stereocenters. The van der Waals surface area contributed by atoms with E-state index in [9.17, 15) is 4.39 Å². The van der Waals surface area contributed by atoms with E-state index in [2.05, 4.69) is 17.1 Å². The molecule has 2 rings (SSSR count). The second-order valence-electron chi connectivity index (χ2n) is 4.52. The molecule has 0 spiro atoms. The summed E-state index contributed by atoms with van der Waals surface area (Å²) in [7, 11) is 0. The van der Waals surface area contributed by atoms with Crippen molar-refractivity contribution in [3.8, 4) is 6.07 Å². The highest BCUT2D eigenvalue weighted by Crippen LogP contribution is 2.12. The molecule has 1 heterocycles. The summed E-state index contributed by atoms with van der Waals surface area (Å²) in [4.78, 5) is 2.32. The average molecular weight is 233 g/mol. The molecule has 0 amide bonds. The maximum atomic E-state index is 13.2. The zero-order chi connectivity index (χ0) is 12.3. The Labute approximate surface area is 101 Å². The number of halogens is 1. The highest BCUT2D eigenvalue weighted by molar-refractivity contribution is 5.34. The molecule has 1 aromatic rings. The fourth-order valence-electron chi connectivity index (χ4n) is 2.17. The highest BCUT2D eigenvalue weighted by atomic mass is 19.1. The molecule has 1 aromatic carbocycles. The van der Waals surface area contributed by atoms with Gasteiger partial charge in [0.2, 0.25) is 0 Å². The summed E-state index contributed by atoms with van der Waals surface area (Å²) in [5, 5.41) is 12.2. The van der Waals surface area contributed by atoms with Gasteiger partial charge in [-0.1, -0.05) is 6.07 Å². The van der Waals surface area contributed by atoms with Gasteiger partial charge in [-0.05, 0) is 24.6 Å². The number of nitrogens with zero attached hydrogens (tertiary/aromatic N) is 2. The standard InChI is InChI=1S/C13H16FN3/c1-10-8-17(5-4-16-10)9-11-2-3-13(14)12(6-11)7-15/h2-3,6,10,16H,4-5,8-9H2,1H3/t10-/m0/s1. The number of nitriles is 1. The number of piperazine rings is 1. The predicted molar refractivity (Wildman–Crippen MR) is 63.9 cm³/mol. The highest BCUT2D eigenvalue weighted by Gasteiger charge is 2.15. The Balaban J connectivity index is 2.06. The third-order valence-electron chi connectivity index (χ3n) is 3.01. The van der Waals surface area contributed by atoms with Crippen LogP contribution in [0.25, 0.3) is 0 Å². The van der Waals surface area contributed by atoms with Crippen LogP contribution in [-0.4, -0.2) is 30.6 Å². The van der Waals surface area contributed by atoms with Gasteiger partial charge in [-0.3, -0.25) is 4.90 Å². The lowest BCUT2D eigenvalue weighted by atomic mass is 10.1. The first-order valence-corrected chi connectivity index (χ1v) is 5.83. The Kier molecular flexibility index (Phi) is 3.72. The van der Waals surface area contributed by atoms with E-state index in [-0.39, 0.29) is 5.56 Å². The van der Waals surface area contributed by atoms with Crippen molar-refractivity contribution in [1.82, 2.24) is 10.2 Å². The minimum absolute atomic E-state index is 0.130. The molecule has 0 saturated carbocycles. The van der Waals surface area contributed by atoms with Crippen molar-refractivity contribution in [3.63, 3.8) is 0 Å². The lowest BCUT2D eigenvalue weighted by Crippen LogP contribution is -2.48. The molecule has 0 aliphatic carbocycles. The molecule has 1 N–H and O–H groups in total. The Morgan fingerprint density at radius 2 is 2.41 bits per heavy atom. The van der Waals surface area contributed by atoms with Gasteiger partial charge in [0, 0.05) is 32.2 Å². The molecule has 17 heavy (non-hydrogen) atoms. The van der Waals surface area contributed by atoms with Crippen LogP contribution >= 0.6 is 0 Å². The Hall–Kier alpha value is -1.44. The van der Waals surface area contributed by atoms with Crippen LogP contribution in [-0.2, 0) is 6.54 Å². The van der Waals surface area contributed by atoms with E-state index < -0.39 is 5.82 Å². The van der Waals surface area contributed by atoms with Crippen molar-refractivity contribution < 1.29 is 4.39 Å². The van der Waals surface area contributed by atoms with Crippen LogP contribution in [0.2, 0.25) is 0 Å². The maximum absolute atomic E-state index is 13.2. The lowest BCUT2D eigenvalue weighted by molar-refractivity contribution is 0.199. The SMILES string of the molecule is C[C@H]1CN(Cc2ccc(F)c(C#N)c2)CCN1. The van der Waals surface area contributed by atoms with Gasteiger partial charge < -0.3 is 5.32 Å². The summed E-state index contributed by atoms with van der Waals surface area (Å²) in [5.74, 6) is -0.440. The molecule has 1 aliphatic heterocycles. The molecule has 0 radical (unpaired) electrons. The summed E-state index contributed by atoms with van der Waals surface area (Å²) in [6, 6.07) is 7.13. The van der Waals surface area contributed by atoms with Gasteiger partial charge in [-0.2, -0.15) is 5.26 Å². The molecular formula is C13H16FN3. The van der Waals surface area contributed by atoms with E-state index in [0.29, 0.717) is 6.04 Å². The molecule has 0 unspecified atom stereocenters. The molecule has 3 nitrogen and oxygen atoms in total. The first-order chi connectivity index (χ1) is 8.19. The molecule has 1 aliphatic rings. The normalized spacial score (nSPS) is 21.1. The zero-order valence-electron chi connectivity index (χ0n) is 9.91. The summed E-state index contributed by atoms with van der Waals surface area (Å²) in [6.45, 7) is 5.88. The third-order valence-corrected chi connectivity index (χ3v) is 3.01. The number of nitrogens with one attached hydrogen (secondary N) is 1. The summed E-state index contributed by atoms with van der Waals surface area (Å²) in [6.07, 6.45) is 0. The van der Waals surface area contributed by atoms with Crippen molar-refractivity contribution in [3.05, 3.63) is 35.1 Å². The molecule has 0 aromatic heterocycles. The van der Waals surface area contributed by atoms with E-state index >= 15 is 0 Å². The molecule has 4 heteroatoms. The van der Waals surface area contributed by atoms with E-state index in [0.717, 1.165) is 31.7 Å². The van der Waals surface area contributed by atoms with Gasteiger partial charge in [0.15, 0.2) is 0 Å².